The number of halogens is 1. The van der Waals surface area contributed by atoms with Gasteiger partial charge < -0.3 is 9.42 Å². The first-order valence-corrected chi connectivity index (χ1v) is 6.51. The van der Waals surface area contributed by atoms with E-state index in [2.05, 4.69) is 0 Å². The van der Waals surface area contributed by atoms with E-state index in [4.69, 9.17) is 9.42 Å². The fraction of sp³-hybridized carbons (Fsp3) is 0.400. The zero-order chi connectivity index (χ0) is 11.3. The summed E-state index contributed by atoms with van der Waals surface area (Å²) in [6.45, 7) is 1.63. The molecule has 0 saturated heterocycles. The molecular formula is C10H14FO3P. The molecule has 1 rings (SSSR count). The molecule has 5 heteroatoms. The molecule has 1 aromatic carbocycles. The number of benzene rings is 1. The molecule has 1 aromatic rings. The zero-order valence-corrected chi connectivity index (χ0v) is 9.41. The third-order valence-electron chi connectivity index (χ3n) is 2.02. The molecule has 0 saturated carbocycles. The van der Waals surface area contributed by atoms with Gasteiger partial charge in [0.1, 0.15) is 5.82 Å². The van der Waals surface area contributed by atoms with Crippen LogP contribution in [0.5, 0.6) is 0 Å². The molecule has 1 atom stereocenters. The summed E-state index contributed by atoms with van der Waals surface area (Å²) in [7, 11) is -3.45. The van der Waals surface area contributed by atoms with Crippen molar-refractivity contribution in [2.45, 2.75) is 13.3 Å². The Morgan fingerprint density at radius 3 is 2.73 bits per heavy atom. The lowest BCUT2D eigenvalue weighted by Gasteiger charge is -2.09. The third kappa shape index (κ3) is 4.12. The van der Waals surface area contributed by atoms with Gasteiger partial charge >= 0.3 is 7.60 Å². The van der Waals surface area contributed by atoms with E-state index in [1.807, 2.05) is 0 Å². The highest BCUT2D eigenvalue weighted by Gasteiger charge is 2.15. The van der Waals surface area contributed by atoms with Crippen LogP contribution in [0.1, 0.15) is 12.5 Å². The Labute approximate surface area is 88.4 Å². The lowest BCUT2D eigenvalue weighted by Crippen LogP contribution is -2.00. The molecule has 15 heavy (non-hydrogen) atoms. The summed E-state index contributed by atoms with van der Waals surface area (Å²) in [6, 6.07) is 6.31. The first-order chi connectivity index (χ1) is 7.05. The maximum absolute atomic E-state index is 13.1. The van der Waals surface area contributed by atoms with E-state index in [1.54, 1.807) is 25.1 Å². The number of hydrogen-bond donors (Lipinski definition) is 1. The van der Waals surface area contributed by atoms with Crippen molar-refractivity contribution in [3.63, 3.8) is 0 Å². The summed E-state index contributed by atoms with van der Waals surface area (Å²) in [5, 5.41) is 0. The second-order valence-electron chi connectivity index (χ2n) is 3.13. The Morgan fingerprint density at radius 1 is 1.47 bits per heavy atom. The smallest absolute Gasteiger partial charge is 0.324 e. The predicted octanol–water partition coefficient (Wildman–Crippen LogP) is 2.59. The van der Waals surface area contributed by atoms with E-state index >= 15 is 0 Å². The van der Waals surface area contributed by atoms with Gasteiger partial charge in [0.25, 0.3) is 0 Å². The van der Waals surface area contributed by atoms with Crippen molar-refractivity contribution in [1.29, 1.82) is 0 Å². The Hall–Kier alpha value is -0.700. The van der Waals surface area contributed by atoms with Gasteiger partial charge in [0, 0.05) is 6.16 Å². The molecule has 0 fully saturated rings. The summed E-state index contributed by atoms with van der Waals surface area (Å²) < 4.78 is 29.0. The fourth-order valence-electron chi connectivity index (χ4n) is 1.09. The molecule has 0 amide bonds. The monoisotopic (exact) mass is 232 g/mol. The molecule has 0 aromatic heterocycles. The van der Waals surface area contributed by atoms with E-state index in [-0.39, 0.29) is 18.6 Å². The van der Waals surface area contributed by atoms with Crippen LogP contribution < -0.4 is 0 Å². The minimum atomic E-state index is -3.45. The molecule has 0 bridgehead atoms. The van der Waals surface area contributed by atoms with Gasteiger partial charge in [-0.25, -0.2) is 4.39 Å². The third-order valence-corrected chi connectivity index (χ3v) is 3.41. The first-order valence-electron chi connectivity index (χ1n) is 4.75. The molecule has 0 heterocycles. The Bertz CT molecular complexity index is 367. The van der Waals surface area contributed by atoms with Crippen LogP contribution in [0.25, 0.3) is 0 Å². The highest BCUT2D eigenvalue weighted by molar-refractivity contribution is 7.52. The van der Waals surface area contributed by atoms with Crippen LogP contribution in [-0.4, -0.2) is 17.7 Å². The van der Waals surface area contributed by atoms with E-state index in [0.717, 1.165) is 0 Å². The maximum atomic E-state index is 13.1. The van der Waals surface area contributed by atoms with Gasteiger partial charge in [-0.2, -0.15) is 0 Å². The van der Waals surface area contributed by atoms with E-state index in [1.165, 1.54) is 6.07 Å². The number of hydrogen-bond acceptors (Lipinski definition) is 2. The Kier molecular flexibility index (Phi) is 4.45. The minimum absolute atomic E-state index is 0.0581. The average Bonchev–Trinajstić information content (AvgIpc) is 2.21. The second-order valence-corrected chi connectivity index (χ2v) is 5.29. The summed E-state index contributed by atoms with van der Waals surface area (Å²) in [4.78, 5) is 9.11. The summed E-state index contributed by atoms with van der Waals surface area (Å²) in [6.07, 6.45) is 0.376. The van der Waals surface area contributed by atoms with Crippen LogP contribution in [0.3, 0.4) is 0 Å². The van der Waals surface area contributed by atoms with Gasteiger partial charge in [0.2, 0.25) is 0 Å². The van der Waals surface area contributed by atoms with Crippen molar-refractivity contribution in [3.8, 4) is 0 Å². The summed E-state index contributed by atoms with van der Waals surface area (Å²) in [5.74, 6) is -0.314. The van der Waals surface area contributed by atoms with Crippen LogP contribution in [0.2, 0.25) is 0 Å². The van der Waals surface area contributed by atoms with Crippen molar-refractivity contribution in [2.24, 2.45) is 0 Å². The van der Waals surface area contributed by atoms with E-state index in [0.29, 0.717) is 12.0 Å². The lowest BCUT2D eigenvalue weighted by atomic mass is 10.1. The summed E-state index contributed by atoms with van der Waals surface area (Å²) in [5.41, 5.74) is 0.494. The topological polar surface area (TPSA) is 46.5 Å². The normalized spacial score (nSPS) is 14.9. The van der Waals surface area contributed by atoms with Gasteiger partial charge in [-0.3, -0.25) is 4.57 Å². The van der Waals surface area contributed by atoms with Crippen molar-refractivity contribution in [3.05, 3.63) is 35.6 Å². The zero-order valence-electron chi connectivity index (χ0n) is 8.52. The Morgan fingerprint density at radius 2 is 2.13 bits per heavy atom. The average molecular weight is 232 g/mol. The van der Waals surface area contributed by atoms with Crippen molar-refractivity contribution < 1.29 is 18.4 Å². The van der Waals surface area contributed by atoms with Crippen LogP contribution in [0.15, 0.2) is 24.3 Å². The SMILES string of the molecule is CCP(=O)(O)OCCc1ccccc1F. The standard InChI is InChI=1S/C10H14FO3P/c1-2-15(12,13)14-8-7-9-5-3-4-6-10(9)11/h3-6H,2,7-8H2,1H3,(H,12,13). The predicted molar refractivity (Wildman–Crippen MR) is 56.4 cm³/mol. The molecule has 0 aliphatic rings. The molecule has 0 aliphatic carbocycles. The van der Waals surface area contributed by atoms with Crippen LogP contribution >= 0.6 is 7.60 Å². The second kappa shape index (κ2) is 5.40. The van der Waals surface area contributed by atoms with Crippen LogP contribution in [0, 0.1) is 5.82 Å². The van der Waals surface area contributed by atoms with E-state index in [9.17, 15) is 8.96 Å². The van der Waals surface area contributed by atoms with Gasteiger partial charge in [-0.05, 0) is 18.1 Å². The van der Waals surface area contributed by atoms with E-state index < -0.39 is 7.60 Å². The highest BCUT2D eigenvalue weighted by atomic mass is 31.2. The molecule has 1 N–H and O–H groups in total. The molecule has 0 aliphatic heterocycles. The molecule has 0 radical (unpaired) electrons. The fourth-order valence-corrected chi connectivity index (χ4v) is 1.65. The van der Waals surface area contributed by atoms with Crippen LogP contribution in [0.4, 0.5) is 4.39 Å². The van der Waals surface area contributed by atoms with Crippen molar-refractivity contribution in [2.75, 3.05) is 12.8 Å². The quantitative estimate of drug-likeness (QED) is 0.793. The first kappa shape index (κ1) is 12.4. The van der Waals surface area contributed by atoms with Gasteiger partial charge in [-0.1, -0.05) is 25.1 Å². The molecule has 3 nitrogen and oxygen atoms in total. The largest absolute Gasteiger partial charge is 0.327 e. The summed E-state index contributed by atoms with van der Waals surface area (Å²) >= 11 is 0. The molecule has 1 unspecified atom stereocenters. The van der Waals surface area contributed by atoms with Gasteiger partial charge in [0.05, 0.1) is 6.61 Å². The van der Waals surface area contributed by atoms with Gasteiger partial charge in [-0.15, -0.1) is 0 Å². The molecule has 0 spiro atoms. The highest BCUT2D eigenvalue weighted by Crippen LogP contribution is 2.40. The number of rotatable bonds is 5. The molecular weight excluding hydrogens is 218 g/mol. The Balaban J connectivity index is 2.45. The van der Waals surface area contributed by atoms with Crippen molar-refractivity contribution in [1.82, 2.24) is 0 Å². The van der Waals surface area contributed by atoms with Crippen LogP contribution in [-0.2, 0) is 15.5 Å². The maximum Gasteiger partial charge on any atom is 0.327 e. The molecule has 84 valence electrons. The minimum Gasteiger partial charge on any atom is -0.324 e. The van der Waals surface area contributed by atoms with Gasteiger partial charge in [0.15, 0.2) is 0 Å². The lowest BCUT2D eigenvalue weighted by molar-refractivity contribution is 0.263. The van der Waals surface area contributed by atoms with Crippen molar-refractivity contribution >= 4 is 7.60 Å².